The van der Waals surface area contributed by atoms with Crippen LogP contribution in [0.2, 0.25) is 0 Å². The summed E-state index contributed by atoms with van der Waals surface area (Å²) in [7, 11) is 0. The molecule has 0 aliphatic heterocycles. The van der Waals surface area contributed by atoms with Crippen LogP contribution >= 0.6 is 11.6 Å². The highest BCUT2D eigenvalue weighted by Gasteiger charge is 2.28. The molecule has 1 rings (SSSR count). The lowest BCUT2D eigenvalue weighted by Crippen LogP contribution is -2.11. The van der Waals surface area contributed by atoms with Crippen LogP contribution in [0.3, 0.4) is 0 Å². The lowest BCUT2D eigenvalue weighted by molar-refractivity contribution is 0.0683. The third-order valence-corrected chi connectivity index (χ3v) is 1.89. The van der Waals surface area contributed by atoms with E-state index in [1.807, 2.05) is 5.92 Å². The molecule has 1 aromatic carbocycles. The highest BCUT2D eigenvalue weighted by Crippen LogP contribution is 2.23. The lowest BCUT2D eigenvalue weighted by atomic mass is 10.1. The second-order valence-electron chi connectivity index (χ2n) is 2.75. The van der Waals surface area contributed by atoms with E-state index in [0.717, 1.165) is 0 Å². The number of benzene rings is 1. The summed E-state index contributed by atoms with van der Waals surface area (Å²) < 4.78 is 52.6. The molecular weight excluding hydrogens is 264 g/mol. The Morgan fingerprint density at radius 3 is 1.94 bits per heavy atom. The van der Waals surface area contributed by atoms with Crippen molar-refractivity contribution in [2.45, 2.75) is 0 Å². The van der Waals surface area contributed by atoms with Gasteiger partial charge in [0, 0.05) is 0 Å². The number of rotatable bonds is 1. The van der Waals surface area contributed by atoms with E-state index in [2.05, 4.69) is 0 Å². The van der Waals surface area contributed by atoms with E-state index in [0.29, 0.717) is 0 Å². The maximum absolute atomic E-state index is 13.2. The summed E-state index contributed by atoms with van der Waals surface area (Å²) in [6.07, 6.45) is 0. The van der Waals surface area contributed by atoms with Crippen molar-refractivity contribution in [1.29, 1.82) is 0 Å². The van der Waals surface area contributed by atoms with Gasteiger partial charge in [-0.15, -0.1) is 11.6 Å². The van der Waals surface area contributed by atoms with Gasteiger partial charge >= 0.3 is 5.97 Å². The molecule has 7 heteroatoms. The molecule has 90 valence electrons. The molecule has 17 heavy (non-hydrogen) atoms. The van der Waals surface area contributed by atoms with Gasteiger partial charge in [0.1, 0.15) is 11.1 Å². The fraction of sp³-hybridized carbons (Fsp3) is 0.100. The van der Waals surface area contributed by atoms with Gasteiger partial charge in [-0.2, -0.15) is 0 Å². The smallest absolute Gasteiger partial charge is 0.341 e. The second-order valence-corrected chi connectivity index (χ2v) is 3.01. The van der Waals surface area contributed by atoms with Crippen LogP contribution in [-0.2, 0) is 0 Å². The highest BCUT2D eigenvalue weighted by atomic mass is 35.5. The molecular formula is C10H3ClF4O2. The molecule has 0 unspecified atom stereocenters. The average Bonchev–Trinajstić information content (AvgIpc) is 2.26. The van der Waals surface area contributed by atoms with Gasteiger partial charge in [0.2, 0.25) is 0 Å². The van der Waals surface area contributed by atoms with Crippen LogP contribution in [0.15, 0.2) is 0 Å². The van der Waals surface area contributed by atoms with Crippen LogP contribution in [0.25, 0.3) is 0 Å². The zero-order chi connectivity index (χ0) is 13.2. The third kappa shape index (κ3) is 2.34. The molecule has 0 spiro atoms. The molecule has 0 aliphatic carbocycles. The maximum atomic E-state index is 13.2. The van der Waals surface area contributed by atoms with Gasteiger partial charge in [0.15, 0.2) is 23.3 Å². The number of hydrogen-bond donors (Lipinski definition) is 1. The molecule has 0 atom stereocenters. The molecule has 0 saturated heterocycles. The summed E-state index contributed by atoms with van der Waals surface area (Å²) in [5, 5.41) is 8.39. The maximum Gasteiger partial charge on any atom is 0.341 e. The molecule has 0 saturated carbocycles. The first kappa shape index (κ1) is 13.3. The van der Waals surface area contributed by atoms with E-state index in [-0.39, 0.29) is 5.88 Å². The quantitative estimate of drug-likeness (QED) is 0.367. The Morgan fingerprint density at radius 1 is 1.12 bits per heavy atom. The van der Waals surface area contributed by atoms with Crippen molar-refractivity contribution in [2.24, 2.45) is 0 Å². The Balaban J connectivity index is 3.64. The number of alkyl halides is 1. The Bertz CT molecular complexity index is 516. The predicted octanol–water partition coefficient (Wildman–Crippen LogP) is 2.53. The van der Waals surface area contributed by atoms with Gasteiger partial charge in [-0.3, -0.25) is 0 Å². The summed E-state index contributed by atoms with van der Waals surface area (Å²) in [6, 6.07) is 0. The summed E-state index contributed by atoms with van der Waals surface area (Å²) in [5.74, 6) is -6.37. The monoisotopic (exact) mass is 266 g/mol. The zero-order valence-electron chi connectivity index (χ0n) is 7.95. The SMILES string of the molecule is O=C(O)c1c(F)c(F)c(C#CCCl)c(F)c1F. The summed E-state index contributed by atoms with van der Waals surface area (Å²) in [6.45, 7) is 0. The van der Waals surface area contributed by atoms with Crippen LogP contribution in [0.5, 0.6) is 0 Å². The van der Waals surface area contributed by atoms with E-state index in [9.17, 15) is 22.4 Å². The van der Waals surface area contributed by atoms with E-state index in [4.69, 9.17) is 16.7 Å². The van der Waals surface area contributed by atoms with E-state index >= 15 is 0 Å². The number of carboxylic acids is 1. The Kier molecular flexibility index (Phi) is 3.97. The topological polar surface area (TPSA) is 37.3 Å². The number of aromatic carboxylic acids is 1. The van der Waals surface area contributed by atoms with Crippen molar-refractivity contribution < 1.29 is 27.5 Å². The zero-order valence-corrected chi connectivity index (χ0v) is 8.71. The molecule has 0 radical (unpaired) electrons. The van der Waals surface area contributed by atoms with Gasteiger partial charge in [-0.25, -0.2) is 22.4 Å². The minimum Gasteiger partial charge on any atom is -0.477 e. The van der Waals surface area contributed by atoms with Gasteiger partial charge < -0.3 is 5.11 Å². The molecule has 1 N–H and O–H groups in total. The summed E-state index contributed by atoms with van der Waals surface area (Å²) in [4.78, 5) is 10.4. The number of halogens is 5. The third-order valence-electron chi connectivity index (χ3n) is 1.76. The van der Waals surface area contributed by atoms with E-state index in [1.54, 1.807) is 5.92 Å². The molecule has 0 fully saturated rings. The van der Waals surface area contributed by atoms with Crippen molar-refractivity contribution in [3.05, 3.63) is 34.4 Å². The second kappa shape index (κ2) is 5.06. The molecule has 0 amide bonds. The van der Waals surface area contributed by atoms with Gasteiger partial charge in [-0.05, 0) is 0 Å². The minimum atomic E-state index is -2.12. The van der Waals surface area contributed by atoms with Crippen LogP contribution in [0.4, 0.5) is 17.6 Å². The van der Waals surface area contributed by atoms with Crippen molar-refractivity contribution in [2.75, 3.05) is 5.88 Å². The van der Waals surface area contributed by atoms with Crippen LogP contribution in [0, 0.1) is 35.1 Å². The van der Waals surface area contributed by atoms with Crippen molar-refractivity contribution >= 4 is 17.6 Å². The number of carbonyl (C=O) groups is 1. The van der Waals surface area contributed by atoms with Crippen LogP contribution < -0.4 is 0 Å². The molecule has 0 bridgehead atoms. The summed E-state index contributed by atoms with van der Waals surface area (Å²) in [5.41, 5.74) is -2.89. The lowest BCUT2D eigenvalue weighted by Gasteiger charge is -2.05. The minimum absolute atomic E-state index is 0.303. The number of carboxylic acid groups (broad SMARTS) is 1. The largest absolute Gasteiger partial charge is 0.477 e. The first-order chi connectivity index (χ1) is 7.91. The fourth-order valence-corrected chi connectivity index (χ4v) is 1.12. The molecule has 0 aliphatic rings. The van der Waals surface area contributed by atoms with Gasteiger partial charge in [0.05, 0.1) is 5.88 Å². The van der Waals surface area contributed by atoms with E-state index in [1.165, 1.54) is 0 Å². The highest BCUT2D eigenvalue weighted by molar-refractivity contribution is 6.19. The first-order valence-electron chi connectivity index (χ1n) is 4.05. The first-order valence-corrected chi connectivity index (χ1v) is 4.59. The average molecular weight is 267 g/mol. The molecule has 2 nitrogen and oxygen atoms in total. The van der Waals surface area contributed by atoms with Crippen LogP contribution in [0.1, 0.15) is 15.9 Å². The normalized spacial score (nSPS) is 9.71. The Hall–Kier alpha value is -1.74. The van der Waals surface area contributed by atoms with Crippen LogP contribution in [-0.4, -0.2) is 17.0 Å². The number of hydrogen-bond acceptors (Lipinski definition) is 1. The standard InChI is InChI=1S/C10H3ClF4O2/c11-3-1-2-4-6(12)8(14)5(10(16)17)9(15)7(4)13/h3H2,(H,16,17). The Morgan fingerprint density at radius 2 is 1.59 bits per heavy atom. The molecule has 1 aromatic rings. The van der Waals surface area contributed by atoms with Gasteiger partial charge in [-0.1, -0.05) is 11.8 Å². The van der Waals surface area contributed by atoms with Crippen molar-refractivity contribution in [3.8, 4) is 11.8 Å². The molecule has 0 heterocycles. The molecule has 0 aromatic heterocycles. The predicted molar refractivity (Wildman–Crippen MR) is 50.8 cm³/mol. The summed E-state index contributed by atoms with van der Waals surface area (Å²) >= 11 is 5.12. The van der Waals surface area contributed by atoms with Crippen molar-refractivity contribution in [1.82, 2.24) is 0 Å². The van der Waals surface area contributed by atoms with E-state index < -0.39 is 40.4 Å². The fourth-order valence-electron chi connectivity index (χ4n) is 1.05. The Labute approximate surface area is 97.8 Å². The van der Waals surface area contributed by atoms with Crippen molar-refractivity contribution in [3.63, 3.8) is 0 Å². The van der Waals surface area contributed by atoms with Gasteiger partial charge in [0.25, 0.3) is 0 Å².